The number of benzene rings is 1. The fraction of sp³-hybridized carbons (Fsp3) is 0.591. The summed E-state index contributed by atoms with van der Waals surface area (Å²) in [7, 11) is 2.20. The van der Waals surface area contributed by atoms with E-state index in [2.05, 4.69) is 63.3 Å². The van der Waals surface area contributed by atoms with Gasteiger partial charge in [0.1, 0.15) is 12.2 Å². The third-order valence-corrected chi connectivity index (χ3v) is 5.92. The van der Waals surface area contributed by atoms with Crippen LogP contribution in [0.15, 0.2) is 35.6 Å². The number of aryl methyl sites for hydroxylation is 1. The summed E-state index contributed by atoms with van der Waals surface area (Å²) in [6.45, 7) is 8.50. The Morgan fingerprint density at radius 2 is 2.17 bits per heavy atom. The quantitative estimate of drug-likeness (QED) is 0.496. The maximum Gasteiger partial charge on any atom is 0.191 e. The van der Waals surface area contributed by atoms with Crippen molar-refractivity contribution >= 4 is 17.6 Å². The van der Waals surface area contributed by atoms with Crippen LogP contribution in [-0.4, -0.2) is 58.9 Å². The number of piperidine rings is 1. The van der Waals surface area contributed by atoms with Gasteiger partial charge in [-0.3, -0.25) is 9.89 Å². The summed E-state index contributed by atoms with van der Waals surface area (Å²) in [5.74, 6) is 2.33. The highest BCUT2D eigenvalue weighted by Crippen LogP contribution is 2.36. The molecule has 0 aliphatic carbocycles. The first-order valence-corrected chi connectivity index (χ1v) is 11.3. The predicted octanol–water partition coefficient (Wildman–Crippen LogP) is 3.13. The highest BCUT2D eigenvalue weighted by molar-refractivity contribution is 6.30. The summed E-state index contributed by atoms with van der Waals surface area (Å²) < 4.78 is 2.09. The van der Waals surface area contributed by atoms with Gasteiger partial charge < -0.3 is 15.2 Å². The van der Waals surface area contributed by atoms with Crippen LogP contribution in [-0.2, 0) is 13.0 Å². The molecular weight excluding hydrogens is 398 g/mol. The van der Waals surface area contributed by atoms with Gasteiger partial charge in [0.15, 0.2) is 5.96 Å². The summed E-state index contributed by atoms with van der Waals surface area (Å²) in [5.41, 5.74) is 1.28. The van der Waals surface area contributed by atoms with Crippen molar-refractivity contribution in [2.45, 2.75) is 45.7 Å². The molecule has 1 aliphatic rings. The van der Waals surface area contributed by atoms with Crippen molar-refractivity contribution in [1.82, 2.24) is 30.3 Å². The van der Waals surface area contributed by atoms with Crippen molar-refractivity contribution in [3.05, 3.63) is 47.0 Å². The molecule has 0 saturated carbocycles. The van der Waals surface area contributed by atoms with Gasteiger partial charge >= 0.3 is 0 Å². The highest BCUT2D eigenvalue weighted by Gasteiger charge is 2.30. The third kappa shape index (κ3) is 5.95. The third-order valence-electron chi connectivity index (χ3n) is 5.68. The van der Waals surface area contributed by atoms with E-state index in [1.165, 1.54) is 18.4 Å². The second kappa shape index (κ2) is 11.3. The average molecular weight is 432 g/mol. The van der Waals surface area contributed by atoms with E-state index in [9.17, 15) is 0 Å². The van der Waals surface area contributed by atoms with Crippen LogP contribution in [0, 0.1) is 5.92 Å². The first kappa shape index (κ1) is 22.6. The number of aromatic nitrogens is 3. The minimum atomic E-state index is 0.341. The number of hydrogen-bond acceptors (Lipinski definition) is 4. The van der Waals surface area contributed by atoms with Crippen LogP contribution in [0.3, 0.4) is 0 Å². The van der Waals surface area contributed by atoms with Gasteiger partial charge in [0, 0.05) is 43.7 Å². The molecule has 0 bridgehead atoms. The summed E-state index contributed by atoms with van der Waals surface area (Å²) in [4.78, 5) is 7.36. The Labute approximate surface area is 184 Å². The van der Waals surface area contributed by atoms with Crippen LogP contribution >= 0.6 is 11.6 Å². The van der Waals surface area contributed by atoms with Crippen LogP contribution in [0.4, 0.5) is 0 Å². The summed E-state index contributed by atoms with van der Waals surface area (Å²) in [6.07, 6.45) is 5.04. The number of halogens is 1. The molecule has 0 radical (unpaired) electrons. The predicted molar refractivity (Wildman–Crippen MR) is 123 cm³/mol. The average Bonchev–Trinajstić information content (AvgIpc) is 3.19. The van der Waals surface area contributed by atoms with Gasteiger partial charge in [-0.1, -0.05) is 30.7 Å². The Morgan fingerprint density at radius 3 is 2.93 bits per heavy atom. The maximum atomic E-state index is 6.27. The SMILES string of the molecule is CCNC(=NCC1CCCN(C)C1c1cccc(Cl)c1)NCCn1cnnc1CC. The molecule has 2 atom stereocenters. The largest absolute Gasteiger partial charge is 0.357 e. The Kier molecular flexibility index (Phi) is 8.51. The van der Waals surface area contributed by atoms with Crippen molar-refractivity contribution in [2.75, 3.05) is 33.2 Å². The first-order valence-electron chi connectivity index (χ1n) is 11.0. The van der Waals surface area contributed by atoms with Gasteiger partial charge in [0.25, 0.3) is 0 Å². The minimum absolute atomic E-state index is 0.341. The van der Waals surface area contributed by atoms with E-state index in [0.717, 1.165) is 56.0 Å². The van der Waals surface area contributed by atoms with Crippen LogP contribution in [0.5, 0.6) is 0 Å². The zero-order valence-corrected chi connectivity index (χ0v) is 19.1. The summed E-state index contributed by atoms with van der Waals surface area (Å²) in [6, 6.07) is 8.60. The molecule has 7 nitrogen and oxygen atoms in total. The molecule has 1 aromatic carbocycles. The van der Waals surface area contributed by atoms with Gasteiger partial charge in [-0.25, -0.2) is 0 Å². The Bertz CT molecular complexity index is 819. The van der Waals surface area contributed by atoms with Crippen LogP contribution in [0.25, 0.3) is 0 Å². The van der Waals surface area contributed by atoms with E-state index in [4.69, 9.17) is 16.6 Å². The standard InChI is InChI=1S/C22H34ClN7/c1-4-20-28-27-16-30(20)13-11-25-22(24-5-2)26-15-18-9-7-12-29(3)21(18)17-8-6-10-19(23)14-17/h6,8,10,14,16,18,21H,4-5,7,9,11-13,15H2,1-3H3,(H2,24,25,26). The lowest BCUT2D eigenvalue weighted by Crippen LogP contribution is -2.41. The van der Waals surface area contributed by atoms with Crippen molar-refractivity contribution in [2.24, 2.45) is 10.9 Å². The Morgan fingerprint density at radius 1 is 1.30 bits per heavy atom. The normalized spacial score (nSPS) is 20.3. The summed E-state index contributed by atoms with van der Waals surface area (Å²) >= 11 is 6.27. The zero-order valence-electron chi connectivity index (χ0n) is 18.3. The van der Waals surface area contributed by atoms with Crippen LogP contribution < -0.4 is 10.6 Å². The zero-order chi connectivity index (χ0) is 21.3. The fourth-order valence-corrected chi connectivity index (χ4v) is 4.45. The second-order valence-corrected chi connectivity index (χ2v) is 8.26. The molecule has 0 spiro atoms. The van der Waals surface area contributed by atoms with Crippen molar-refractivity contribution < 1.29 is 0 Å². The van der Waals surface area contributed by atoms with E-state index in [1.807, 2.05) is 12.1 Å². The molecule has 0 amide bonds. The lowest BCUT2D eigenvalue weighted by molar-refractivity contribution is 0.125. The van der Waals surface area contributed by atoms with Gasteiger partial charge in [-0.2, -0.15) is 0 Å². The number of rotatable bonds is 8. The lowest BCUT2D eigenvalue weighted by atomic mass is 9.85. The second-order valence-electron chi connectivity index (χ2n) is 7.82. The van der Waals surface area contributed by atoms with E-state index in [1.54, 1.807) is 6.33 Å². The molecule has 1 fully saturated rings. The molecule has 30 heavy (non-hydrogen) atoms. The number of likely N-dealkylation sites (tertiary alicyclic amines) is 1. The number of aliphatic imine (C=N–C) groups is 1. The van der Waals surface area contributed by atoms with Crippen molar-refractivity contribution in [3.8, 4) is 0 Å². The number of hydrogen-bond donors (Lipinski definition) is 2. The monoisotopic (exact) mass is 431 g/mol. The van der Waals surface area contributed by atoms with Crippen LogP contribution in [0.2, 0.25) is 5.02 Å². The molecule has 8 heteroatoms. The van der Waals surface area contributed by atoms with Gasteiger partial charge in [0.05, 0.1) is 0 Å². The molecule has 2 N–H and O–H groups in total. The number of nitrogens with one attached hydrogen (secondary N) is 2. The van der Waals surface area contributed by atoms with E-state index < -0.39 is 0 Å². The van der Waals surface area contributed by atoms with Crippen LogP contribution in [0.1, 0.15) is 44.1 Å². The lowest BCUT2D eigenvalue weighted by Gasteiger charge is -2.39. The molecule has 3 rings (SSSR count). The number of guanidine groups is 1. The topological polar surface area (TPSA) is 70.4 Å². The Hall–Kier alpha value is -2.12. The smallest absolute Gasteiger partial charge is 0.191 e. The molecule has 2 unspecified atom stereocenters. The van der Waals surface area contributed by atoms with Gasteiger partial charge in [-0.05, 0) is 57.0 Å². The van der Waals surface area contributed by atoms with Gasteiger partial charge in [-0.15, -0.1) is 10.2 Å². The molecular formula is C22H34ClN7. The van der Waals surface area contributed by atoms with Crippen molar-refractivity contribution in [3.63, 3.8) is 0 Å². The first-order chi connectivity index (χ1) is 14.6. The number of nitrogens with zero attached hydrogens (tertiary/aromatic N) is 5. The van der Waals surface area contributed by atoms with E-state index in [-0.39, 0.29) is 0 Å². The van der Waals surface area contributed by atoms with Gasteiger partial charge in [0.2, 0.25) is 0 Å². The maximum absolute atomic E-state index is 6.27. The Balaban J connectivity index is 1.64. The highest BCUT2D eigenvalue weighted by atomic mass is 35.5. The molecule has 2 heterocycles. The molecule has 164 valence electrons. The molecule has 1 saturated heterocycles. The molecule has 1 aromatic heterocycles. The summed E-state index contributed by atoms with van der Waals surface area (Å²) in [5, 5.41) is 15.8. The minimum Gasteiger partial charge on any atom is -0.357 e. The fourth-order valence-electron chi connectivity index (χ4n) is 4.25. The molecule has 2 aromatic rings. The molecule has 1 aliphatic heterocycles. The van der Waals surface area contributed by atoms with Crippen molar-refractivity contribution in [1.29, 1.82) is 0 Å². The van der Waals surface area contributed by atoms with E-state index in [0.29, 0.717) is 12.0 Å². The van der Waals surface area contributed by atoms with E-state index >= 15 is 0 Å².